The second kappa shape index (κ2) is 4.98. The largest absolute Gasteiger partial charge is 0.353 e. The van der Waals surface area contributed by atoms with Gasteiger partial charge in [-0.1, -0.05) is 0 Å². The van der Waals surface area contributed by atoms with Gasteiger partial charge in [0.1, 0.15) is 5.82 Å². The smallest absolute Gasteiger partial charge is 0.110 e. The van der Waals surface area contributed by atoms with Crippen LogP contribution in [0.5, 0.6) is 0 Å². The Morgan fingerprint density at radius 3 is 3.00 bits per heavy atom. The van der Waals surface area contributed by atoms with Crippen LogP contribution in [0.15, 0.2) is 30.9 Å². The number of imidazole rings is 1. The lowest BCUT2D eigenvalue weighted by molar-refractivity contribution is 0.646. The molecule has 2 aromatic rings. The van der Waals surface area contributed by atoms with Crippen molar-refractivity contribution >= 4 is 0 Å². The first kappa shape index (κ1) is 11.5. The van der Waals surface area contributed by atoms with Crippen LogP contribution in [0.1, 0.15) is 24.2 Å². The average molecular weight is 244 g/mol. The van der Waals surface area contributed by atoms with E-state index in [0.29, 0.717) is 0 Å². The SMILES string of the molecule is Cn1ccnc1CCn1ccc(CNC2CC2)c1. The molecule has 0 radical (unpaired) electrons. The molecule has 0 amide bonds. The third-order valence-corrected chi connectivity index (χ3v) is 3.50. The van der Waals surface area contributed by atoms with Crippen LogP contribution >= 0.6 is 0 Å². The Morgan fingerprint density at radius 1 is 1.39 bits per heavy atom. The van der Waals surface area contributed by atoms with E-state index in [1.165, 1.54) is 18.4 Å². The molecule has 0 spiro atoms. The van der Waals surface area contributed by atoms with Crippen molar-refractivity contribution in [3.63, 3.8) is 0 Å². The number of aromatic nitrogens is 3. The first-order valence-electron chi connectivity index (χ1n) is 6.65. The highest BCUT2D eigenvalue weighted by Gasteiger charge is 2.19. The van der Waals surface area contributed by atoms with E-state index in [4.69, 9.17) is 0 Å². The fourth-order valence-electron chi connectivity index (χ4n) is 2.15. The molecule has 18 heavy (non-hydrogen) atoms. The first-order chi connectivity index (χ1) is 8.81. The lowest BCUT2D eigenvalue weighted by Gasteiger charge is -2.03. The highest BCUT2D eigenvalue weighted by atomic mass is 15.0. The average Bonchev–Trinajstić information content (AvgIpc) is 2.94. The Kier molecular flexibility index (Phi) is 3.19. The molecule has 0 saturated heterocycles. The summed E-state index contributed by atoms with van der Waals surface area (Å²) in [6.45, 7) is 1.99. The third kappa shape index (κ3) is 2.82. The predicted molar refractivity (Wildman–Crippen MR) is 71.2 cm³/mol. The van der Waals surface area contributed by atoms with Crippen LogP contribution in [-0.2, 0) is 26.6 Å². The van der Waals surface area contributed by atoms with Crippen molar-refractivity contribution in [3.05, 3.63) is 42.2 Å². The summed E-state index contributed by atoms with van der Waals surface area (Å²) in [5.74, 6) is 1.14. The van der Waals surface area contributed by atoms with Crippen molar-refractivity contribution in [1.82, 2.24) is 19.4 Å². The zero-order valence-corrected chi connectivity index (χ0v) is 10.8. The number of nitrogens with one attached hydrogen (secondary N) is 1. The molecule has 0 aromatic carbocycles. The first-order valence-corrected chi connectivity index (χ1v) is 6.65. The maximum atomic E-state index is 4.34. The van der Waals surface area contributed by atoms with E-state index in [9.17, 15) is 0 Å². The van der Waals surface area contributed by atoms with Crippen LogP contribution in [0.2, 0.25) is 0 Å². The maximum absolute atomic E-state index is 4.34. The highest BCUT2D eigenvalue weighted by Crippen LogP contribution is 2.19. The van der Waals surface area contributed by atoms with Gasteiger partial charge in [0.25, 0.3) is 0 Å². The molecule has 1 aliphatic carbocycles. The Hall–Kier alpha value is -1.55. The van der Waals surface area contributed by atoms with Crippen molar-refractivity contribution in [2.45, 2.75) is 38.4 Å². The number of nitrogens with zero attached hydrogens (tertiary/aromatic N) is 3. The van der Waals surface area contributed by atoms with E-state index in [2.05, 4.69) is 37.9 Å². The molecule has 0 bridgehead atoms. The van der Waals surface area contributed by atoms with Crippen molar-refractivity contribution in [2.24, 2.45) is 7.05 Å². The molecular formula is C14H20N4. The molecule has 1 aliphatic rings. The van der Waals surface area contributed by atoms with Crippen LogP contribution in [0.25, 0.3) is 0 Å². The summed E-state index contributed by atoms with van der Waals surface area (Å²) >= 11 is 0. The van der Waals surface area contributed by atoms with Crippen molar-refractivity contribution in [3.8, 4) is 0 Å². The van der Waals surface area contributed by atoms with E-state index in [1.807, 2.05) is 19.4 Å². The van der Waals surface area contributed by atoms with Crippen LogP contribution in [0.4, 0.5) is 0 Å². The van der Waals surface area contributed by atoms with Gasteiger partial charge in [0.2, 0.25) is 0 Å². The summed E-state index contributed by atoms with van der Waals surface area (Å²) in [6, 6.07) is 2.98. The molecule has 2 aromatic heterocycles. The van der Waals surface area contributed by atoms with Crippen molar-refractivity contribution in [2.75, 3.05) is 0 Å². The van der Waals surface area contributed by atoms with E-state index >= 15 is 0 Å². The molecule has 1 fully saturated rings. The minimum absolute atomic E-state index is 0.779. The minimum atomic E-state index is 0.779. The van der Waals surface area contributed by atoms with E-state index < -0.39 is 0 Å². The number of rotatable bonds is 6. The van der Waals surface area contributed by atoms with Gasteiger partial charge in [-0.25, -0.2) is 4.98 Å². The number of aryl methyl sites for hydroxylation is 3. The molecule has 1 N–H and O–H groups in total. The highest BCUT2D eigenvalue weighted by molar-refractivity contribution is 5.10. The lowest BCUT2D eigenvalue weighted by atomic mass is 10.3. The van der Waals surface area contributed by atoms with Gasteiger partial charge in [-0.05, 0) is 24.5 Å². The van der Waals surface area contributed by atoms with Crippen LogP contribution in [-0.4, -0.2) is 20.2 Å². The summed E-state index contributed by atoms with van der Waals surface area (Å²) in [7, 11) is 2.04. The molecule has 96 valence electrons. The number of hydrogen-bond donors (Lipinski definition) is 1. The van der Waals surface area contributed by atoms with Gasteiger partial charge in [-0.3, -0.25) is 0 Å². The summed E-state index contributed by atoms with van der Waals surface area (Å²) in [4.78, 5) is 4.34. The number of hydrogen-bond acceptors (Lipinski definition) is 2. The third-order valence-electron chi connectivity index (χ3n) is 3.50. The Morgan fingerprint density at radius 2 is 2.28 bits per heavy atom. The fraction of sp³-hybridized carbons (Fsp3) is 0.500. The van der Waals surface area contributed by atoms with Gasteiger partial charge in [0, 0.05) is 57.4 Å². The molecule has 1 saturated carbocycles. The summed E-state index contributed by atoms with van der Waals surface area (Å²) in [5, 5.41) is 3.54. The Balaban J connectivity index is 1.51. The standard InChI is InChI=1S/C14H20N4/c1-17-9-6-15-14(17)5-8-18-7-4-12(11-18)10-16-13-2-3-13/h4,6-7,9,11,13,16H,2-3,5,8,10H2,1H3. The molecule has 2 heterocycles. The van der Waals surface area contributed by atoms with Gasteiger partial charge in [0.05, 0.1) is 0 Å². The summed E-state index contributed by atoms with van der Waals surface area (Å²) in [5.41, 5.74) is 1.38. The van der Waals surface area contributed by atoms with Gasteiger partial charge in [0.15, 0.2) is 0 Å². The summed E-state index contributed by atoms with van der Waals surface area (Å²) < 4.78 is 4.33. The second-order valence-electron chi connectivity index (χ2n) is 5.12. The van der Waals surface area contributed by atoms with Crippen LogP contribution in [0, 0.1) is 0 Å². The summed E-state index contributed by atoms with van der Waals surface area (Å²) in [6.07, 6.45) is 11.9. The molecule has 0 atom stereocenters. The van der Waals surface area contributed by atoms with Gasteiger partial charge >= 0.3 is 0 Å². The Bertz CT molecular complexity index is 507. The van der Waals surface area contributed by atoms with Gasteiger partial charge in [-0.2, -0.15) is 0 Å². The Labute approximate surface area is 108 Å². The van der Waals surface area contributed by atoms with Crippen LogP contribution in [0.3, 0.4) is 0 Å². The maximum Gasteiger partial charge on any atom is 0.110 e. The minimum Gasteiger partial charge on any atom is -0.353 e. The molecule has 0 unspecified atom stereocenters. The van der Waals surface area contributed by atoms with E-state index in [0.717, 1.165) is 31.4 Å². The van der Waals surface area contributed by atoms with Crippen molar-refractivity contribution in [1.29, 1.82) is 0 Å². The molecule has 4 heteroatoms. The lowest BCUT2D eigenvalue weighted by Crippen LogP contribution is -2.14. The molecule has 4 nitrogen and oxygen atoms in total. The monoisotopic (exact) mass is 244 g/mol. The fourth-order valence-corrected chi connectivity index (χ4v) is 2.15. The molecule has 3 rings (SSSR count). The molecule has 0 aliphatic heterocycles. The second-order valence-corrected chi connectivity index (χ2v) is 5.12. The van der Waals surface area contributed by atoms with Gasteiger partial charge < -0.3 is 14.5 Å². The zero-order valence-electron chi connectivity index (χ0n) is 10.8. The normalized spacial score (nSPS) is 15.2. The van der Waals surface area contributed by atoms with E-state index in [-0.39, 0.29) is 0 Å². The van der Waals surface area contributed by atoms with Crippen molar-refractivity contribution < 1.29 is 0 Å². The topological polar surface area (TPSA) is 34.8 Å². The van der Waals surface area contributed by atoms with Crippen LogP contribution < -0.4 is 5.32 Å². The van der Waals surface area contributed by atoms with E-state index in [1.54, 1.807) is 0 Å². The van der Waals surface area contributed by atoms with Gasteiger partial charge in [-0.15, -0.1) is 0 Å². The zero-order chi connectivity index (χ0) is 12.4. The predicted octanol–water partition coefficient (Wildman–Crippen LogP) is 1.72. The quantitative estimate of drug-likeness (QED) is 0.839. The molecular weight excluding hydrogens is 224 g/mol.